The normalized spacial score (nSPS) is 12.5. The fourth-order valence-electron chi connectivity index (χ4n) is 3.32. The summed E-state index contributed by atoms with van der Waals surface area (Å²) >= 11 is 11.9. The molecule has 0 bridgehead atoms. The summed E-state index contributed by atoms with van der Waals surface area (Å²) in [7, 11) is 0. The van der Waals surface area contributed by atoms with Gasteiger partial charge in [-0.05, 0) is 42.0 Å². The third-order valence-corrected chi connectivity index (χ3v) is 5.49. The number of hydrogen-bond donors (Lipinski definition) is 1. The standard InChI is InChI=1S/C24H16Cl2N2O5/c25-16-7-9-19(26)20(11-16)27-21(29)13-33-24(32)15-6-8-17-18(10-15)23(31)28(22(17)30)12-14-4-2-1-3-5-14/h1-11H,12-13H2,(H,27,29). The molecule has 0 saturated carbocycles. The van der Waals surface area contributed by atoms with E-state index in [-0.39, 0.29) is 33.9 Å². The first-order chi connectivity index (χ1) is 15.8. The van der Waals surface area contributed by atoms with Gasteiger partial charge in [-0.3, -0.25) is 19.3 Å². The maximum absolute atomic E-state index is 12.8. The second kappa shape index (κ2) is 9.44. The molecule has 0 aliphatic carbocycles. The molecule has 1 aliphatic rings. The molecule has 0 unspecified atom stereocenters. The molecule has 0 aromatic heterocycles. The lowest BCUT2D eigenvalue weighted by atomic mass is 10.1. The van der Waals surface area contributed by atoms with Crippen molar-refractivity contribution in [2.24, 2.45) is 0 Å². The molecule has 9 heteroatoms. The van der Waals surface area contributed by atoms with Gasteiger partial charge in [-0.2, -0.15) is 0 Å². The second-order valence-corrected chi connectivity index (χ2v) is 8.03. The summed E-state index contributed by atoms with van der Waals surface area (Å²) in [5, 5.41) is 3.16. The van der Waals surface area contributed by atoms with E-state index in [1.54, 1.807) is 6.07 Å². The van der Waals surface area contributed by atoms with Crippen LogP contribution in [0.2, 0.25) is 10.0 Å². The Labute approximate surface area is 198 Å². The van der Waals surface area contributed by atoms with Gasteiger partial charge in [0.05, 0.1) is 33.9 Å². The van der Waals surface area contributed by atoms with Crippen molar-refractivity contribution in [3.05, 3.63) is 99.0 Å². The van der Waals surface area contributed by atoms with Crippen LogP contribution in [0.15, 0.2) is 66.7 Å². The number of carbonyl (C=O) groups excluding carboxylic acids is 4. The van der Waals surface area contributed by atoms with Gasteiger partial charge in [0.2, 0.25) is 0 Å². The first-order valence-electron chi connectivity index (χ1n) is 9.79. The van der Waals surface area contributed by atoms with Gasteiger partial charge in [0.25, 0.3) is 17.7 Å². The molecule has 166 valence electrons. The minimum atomic E-state index is -0.813. The topological polar surface area (TPSA) is 92.8 Å². The van der Waals surface area contributed by atoms with E-state index in [2.05, 4.69) is 5.32 Å². The zero-order chi connectivity index (χ0) is 23.5. The maximum atomic E-state index is 12.8. The molecule has 0 spiro atoms. The molecule has 3 aromatic carbocycles. The molecule has 0 fully saturated rings. The predicted molar refractivity (Wildman–Crippen MR) is 122 cm³/mol. The summed E-state index contributed by atoms with van der Waals surface area (Å²) in [6.07, 6.45) is 0. The van der Waals surface area contributed by atoms with Crippen LogP contribution >= 0.6 is 23.2 Å². The van der Waals surface area contributed by atoms with Gasteiger partial charge in [-0.15, -0.1) is 0 Å². The molecule has 1 heterocycles. The first kappa shape index (κ1) is 22.5. The van der Waals surface area contributed by atoms with Crippen LogP contribution in [0.3, 0.4) is 0 Å². The number of rotatable bonds is 6. The Bertz CT molecular complexity index is 1280. The van der Waals surface area contributed by atoms with E-state index >= 15 is 0 Å². The Morgan fingerprint density at radius 3 is 2.36 bits per heavy atom. The number of amides is 3. The van der Waals surface area contributed by atoms with Crippen molar-refractivity contribution >= 4 is 52.6 Å². The Morgan fingerprint density at radius 1 is 0.879 bits per heavy atom. The predicted octanol–water partition coefficient (Wildman–Crippen LogP) is 4.59. The van der Waals surface area contributed by atoms with Crippen molar-refractivity contribution in [3.8, 4) is 0 Å². The summed E-state index contributed by atoms with van der Waals surface area (Å²) in [5.41, 5.74) is 1.45. The van der Waals surface area contributed by atoms with E-state index in [0.29, 0.717) is 5.02 Å². The smallest absolute Gasteiger partial charge is 0.338 e. The number of fused-ring (bicyclic) bond motifs is 1. The fraction of sp³-hybridized carbons (Fsp3) is 0.0833. The van der Waals surface area contributed by atoms with Crippen molar-refractivity contribution in [2.75, 3.05) is 11.9 Å². The fourth-order valence-corrected chi connectivity index (χ4v) is 3.66. The van der Waals surface area contributed by atoms with Crippen LogP contribution in [0.1, 0.15) is 36.6 Å². The van der Waals surface area contributed by atoms with E-state index < -0.39 is 30.3 Å². The average molecular weight is 483 g/mol. The average Bonchev–Trinajstić information content (AvgIpc) is 3.05. The lowest BCUT2D eigenvalue weighted by Crippen LogP contribution is -2.29. The highest BCUT2D eigenvalue weighted by Crippen LogP contribution is 2.27. The number of hydrogen-bond acceptors (Lipinski definition) is 5. The van der Waals surface area contributed by atoms with Gasteiger partial charge < -0.3 is 10.1 Å². The molecule has 3 amide bonds. The minimum Gasteiger partial charge on any atom is -0.452 e. The third-order valence-electron chi connectivity index (χ3n) is 4.93. The summed E-state index contributed by atoms with van der Waals surface area (Å²) < 4.78 is 5.04. The number of halogens is 2. The van der Waals surface area contributed by atoms with Crippen molar-refractivity contribution in [1.29, 1.82) is 0 Å². The van der Waals surface area contributed by atoms with E-state index in [1.165, 1.54) is 30.3 Å². The summed E-state index contributed by atoms with van der Waals surface area (Å²) in [6.45, 7) is -0.453. The molecule has 1 aliphatic heterocycles. The quantitative estimate of drug-likeness (QED) is 0.409. The number of benzene rings is 3. The van der Waals surface area contributed by atoms with E-state index in [1.807, 2.05) is 30.3 Å². The van der Waals surface area contributed by atoms with E-state index in [9.17, 15) is 19.2 Å². The number of esters is 1. The highest BCUT2D eigenvalue weighted by atomic mass is 35.5. The van der Waals surface area contributed by atoms with Crippen LogP contribution in [0.5, 0.6) is 0 Å². The van der Waals surface area contributed by atoms with Gasteiger partial charge in [0.15, 0.2) is 6.61 Å². The number of carbonyl (C=O) groups is 4. The molecule has 7 nitrogen and oxygen atoms in total. The van der Waals surface area contributed by atoms with Crippen LogP contribution in [0.4, 0.5) is 5.69 Å². The SMILES string of the molecule is O=C(COC(=O)c1ccc2c(c1)C(=O)N(Cc1ccccc1)C2=O)Nc1cc(Cl)ccc1Cl. The number of nitrogens with one attached hydrogen (secondary N) is 1. The molecule has 0 atom stereocenters. The van der Waals surface area contributed by atoms with Crippen molar-refractivity contribution in [1.82, 2.24) is 4.90 Å². The second-order valence-electron chi connectivity index (χ2n) is 7.19. The van der Waals surface area contributed by atoms with Crippen LogP contribution in [0, 0.1) is 0 Å². The molecule has 33 heavy (non-hydrogen) atoms. The van der Waals surface area contributed by atoms with Gasteiger partial charge in [-0.25, -0.2) is 4.79 Å². The van der Waals surface area contributed by atoms with Gasteiger partial charge in [-0.1, -0.05) is 53.5 Å². The lowest BCUT2D eigenvalue weighted by molar-refractivity contribution is -0.119. The molecule has 4 rings (SSSR count). The number of imide groups is 1. The minimum absolute atomic E-state index is 0.0463. The summed E-state index contributed by atoms with van der Waals surface area (Å²) in [4.78, 5) is 51.1. The molecule has 0 saturated heterocycles. The van der Waals surface area contributed by atoms with Crippen LogP contribution < -0.4 is 5.32 Å². The van der Waals surface area contributed by atoms with Gasteiger partial charge >= 0.3 is 5.97 Å². The van der Waals surface area contributed by atoms with Gasteiger partial charge in [0.1, 0.15) is 0 Å². The van der Waals surface area contributed by atoms with Crippen molar-refractivity contribution in [2.45, 2.75) is 6.54 Å². The van der Waals surface area contributed by atoms with Crippen molar-refractivity contribution < 1.29 is 23.9 Å². The Balaban J connectivity index is 1.41. The Morgan fingerprint density at radius 2 is 1.61 bits per heavy atom. The molecule has 0 radical (unpaired) electrons. The van der Waals surface area contributed by atoms with E-state index in [0.717, 1.165) is 10.5 Å². The van der Waals surface area contributed by atoms with Crippen LogP contribution in [-0.2, 0) is 16.1 Å². The summed E-state index contributed by atoms with van der Waals surface area (Å²) in [6, 6.07) is 17.7. The lowest BCUT2D eigenvalue weighted by Gasteiger charge is -2.13. The van der Waals surface area contributed by atoms with Crippen molar-refractivity contribution in [3.63, 3.8) is 0 Å². The number of nitrogens with zero attached hydrogens (tertiary/aromatic N) is 1. The highest BCUT2D eigenvalue weighted by Gasteiger charge is 2.36. The molecule has 1 N–H and O–H groups in total. The molecular weight excluding hydrogens is 467 g/mol. The number of ether oxygens (including phenoxy) is 1. The van der Waals surface area contributed by atoms with E-state index in [4.69, 9.17) is 27.9 Å². The first-order valence-corrected chi connectivity index (χ1v) is 10.6. The zero-order valence-corrected chi connectivity index (χ0v) is 18.5. The number of anilines is 1. The van der Waals surface area contributed by atoms with Gasteiger partial charge in [0, 0.05) is 5.02 Å². The maximum Gasteiger partial charge on any atom is 0.338 e. The largest absolute Gasteiger partial charge is 0.452 e. The van der Waals surface area contributed by atoms with Crippen LogP contribution in [0.25, 0.3) is 0 Å². The Hall–Kier alpha value is -3.68. The zero-order valence-electron chi connectivity index (χ0n) is 17.0. The molecular formula is C24H16Cl2N2O5. The summed E-state index contributed by atoms with van der Waals surface area (Å²) in [5.74, 6) is -2.36. The Kier molecular flexibility index (Phi) is 6.44. The highest BCUT2D eigenvalue weighted by molar-refractivity contribution is 6.35. The third kappa shape index (κ3) is 4.89. The monoisotopic (exact) mass is 482 g/mol. The van der Waals surface area contributed by atoms with Crippen LogP contribution in [-0.4, -0.2) is 35.2 Å². The molecule has 3 aromatic rings.